The standard InChI is InChI=1S/C18H17ClN2O3S/c1-20(2)12-17-18(22)15-9-8-14(19)10-16(15)21(25(17,23)24)11-13-6-4-3-5-7-13/h3-10,12H,11H2,1-2H3. The van der Waals surface area contributed by atoms with E-state index < -0.39 is 15.8 Å². The number of ketones is 1. The molecule has 1 heterocycles. The van der Waals surface area contributed by atoms with Gasteiger partial charge in [-0.25, -0.2) is 8.42 Å². The number of Topliss-reactive ketones (excluding diaryl/α,β-unsaturated/α-hetero) is 1. The quantitative estimate of drug-likeness (QED) is 0.771. The van der Waals surface area contributed by atoms with Crippen LogP contribution in [0.15, 0.2) is 59.6 Å². The normalized spacial score (nSPS) is 17.5. The summed E-state index contributed by atoms with van der Waals surface area (Å²) in [6.45, 7) is 0.120. The van der Waals surface area contributed by atoms with Gasteiger partial charge in [0, 0.05) is 30.9 Å². The van der Waals surface area contributed by atoms with Crippen LogP contribution in [-0.2, 0) is 16.6 Å². The molecule has 0 spiro atoms. The minimum Gasteiger partial charge on any atom is -0.382 e. The molecule has 0 amide bonds. The first-order valence-corrected chi connectivity index (χ1v) is 9.41. The predicted molar refractivity (Wildman–Crippen MR) is 99.1 cm³/mol. The van der Waals surface area contributed by atoms with Gasteiger partial charge in [-0.3, -0.25) is 9.10 Å². The molecular weight excluding hydrogens is 360 g/mol. The second-order valence-electron chi connectivity index (χ2n) is 5.94. The molecule has 7 heteroatoms. The van der Waals surface area contributed by atoms with E-state index in [-0.39, 0.29) is 11.4 Å². The van der Waals surface area contributed by atoms with E-state index in [0.29, 0.717) is 16.3 Å². The van der Waals surface area contributed by atoms with Gasteiger partial charge in [0.2, 0.25) is 5.78 Å². The van der Waals surface area contributed by atoms with Crippen molar-refractivity contribution in [2.45, 2.75) is 6.54 Å². The van der Waals surface area contributed by atoms with E-state index in [9.17, 15) is 13.2 Å². The highest BCUT2D eigenvalue weighted by atomic mass is 35.5. The highest BCUT2D eigenvalue weighted by molar-refractivity contribution is 7.97. The minimum absolute atomic E-state index is 0.120. The highest BCUT2D eigenvalue weighted by Crippen LogP contribution is 2.37. The third-order valence-corrected chi connectivity index (χ3v) is 5.80. The van der Waals surface area contributed by atoms with Gasteiger partial charge in [-0.2, -0.15) is 0 Å². The Morgan fingerprint density at radius 2 is 1.80 bits per heavy atom. The van der Waals surface area contributed by atoms with Crippen LogP contribution in [0.4, 0.5) is 5.69 Å². The number of hydrogen-bond acceptors (Lipinski definition) is 4. The first-order chi connectivity index (χ1) is 11.8. The monoisotopic (exact) mass is 376 g/mol. The molecule has 0 saturated heterocycles. The first kappa shape index (κ1) is 17.5. The molecule has 0 atom stereocenters. The zero-order valence-corrected chi connectivity index (χ0v) is 15.4. The third kappa shape index (κ3) is 3.27. The fourth-order valence-electron chi connectivity index (χ4n) is 2.68. The number of fused-ring (bicyclic) bond motifs is 1. The average molecular weight is 377 g/mol. The lowest BCUT2D eigenvalue weighted by atomic mass is 10.1. The van der Waals surface area contributed by atoms with Crippen LogP contribution in [-0.4, -0.2) is 33.2 Å². The molecular formula is C18H17ClN2O3S. The van der Waals surface area contributed by atoms with Gasteiger partial charge in [-0.15, -0.1) is 0 Å². The Labute approximate surface area is 152 Å². The molecule has 5 nitrogen and oxygen atoms in total. The maximum absolute atomic E-state index is 13.1. The molecule has 0 unspecified atom stereocenters. The van der Waals surface area contributed by atoms with Gasteiger partial charge in [-0.1, -0.05) is 41.9 Å². The average Bonchev–Trinajstić information content (AvgIpc) is 2.56. The molecule has 0 aliphatic carbocycles. The molecule has 0 aromatic heterocycles. The van der Waals surface area contributed by atoms with Crippen molar-refractivity contribution in [2.24, 2.45) is 0 Å². The van der Waals surface area contributed by atoms with Gasteiger partial charge >= 0.3 is 0 Å². The summed E-state index contributed by atoms with van der Waals surface area (Å²) >= 11 is 6.05. The SMILES string of the molecule is CN(C)C=C1C(=O)c2ccc(Cl)cc2N(Cc2ccccc2)S1(=O)=O. The van der Waals surface area contributed by atoms with Crippen molar-refractivity contribution in [3.63, 3.8) is 0 Å². The summed E-state index contributed by atoms with van der Waals surface area (Å²) in [5, 5.41) is 0.375. The molecule has 3 rings (SSSR count). The first-order valence-electron chi connectivity index (χ1n) is 7.60. The number of nitrogens with zero attached hydrogens (tertiary/aromatic N) is 2. The number of halogens is 1. The molecule has 1 aliphatic rings. The molecule has 0 N–H and O–H groups in total. The molecule has 25 heavy (non-hydrogen) atoms. The topological polar surface area (TPSA) is 57.7 Å². The van der Waals surface area contributed by atoms with Crippen LogP contribution in [0.1, 0.15) is 15.9 Å². The predicted octanol–water partition coefficient (Wildman–Crippen LogP) is 3.28. The molecule has 0 bridgehead atoms. The van der Waals surface area contributed by atoms with Crippen molar-refractivity contribution in [3.8, 4) is 0 Å². The lowest BCUT2D eigenvalue weighted by Crippen LogP contribution is -2.39. The van der Waals surface area contributed by atoms with E-state index in [1.807, 2.05) is 30.3 Å². The number of benzene rings is 2. The Morgan fingerprint density at radius 1 is 1.12 bits per heavy atom. The number of carbonyl (C=O) groups excluding carboxylic acids is 1. The molecule has 0 saturated carbocycles. The van der Waals surface area contributed by atoms with Crippen molar-refractivity contribution in [1.29, 1.82) is 0 Å². The summed E-state index contributed by atoms with van der Waals surface area (Å²) in [7, 11) is -0.642. The molecule has 2 aromatic carbocycles. The summed E-state index contributed by atoms with van der Waals surface area (Å²) in [6.07, 6.45) is 1.34. The van der Waals surface area contributed by atoms with E-state index in [4.69, 9.17) is 11.6 Å². The Hall–Kier alpha value is -2.31. The molecule has 0 radical (unpaired) electrons. The number of carbonyl (C=O) groups is 1. The van der Waals surface area contributed by atoms with Crippen LogP contribution in [0.25, 0.3) is 0 Å². The highest BCUT2D eigenvalue weighted by Gasteiger charge is 2.40. The van der Waals surface area contributed by atoms with E-state index in [0.717, 1.165) is 5.56 Å². The molecule has 130 valence electrons. The Morgan fingerprint density at radius 3 is 2.44 bits per heavy atom. The molecule has 1 aliphatic heterocycles. The number of sulfonamides is 1. The van der Waals surface area contributed by atoms with Crippen LogP contribution in [0, 0.1) is 0 Å². The Kier molecular flexibility index (Phi) is 4.58. The van der Waals surface area contributed by atoms with E-state index >= 15 is 0 Å². The third-order valence-electron chi connectivity index (χ3n) is 3.81. The molecule has 0 fully saturated rings. The van der Waals surface area contributed by atoms with E-state index in [1.54, 1.807) is 31.1 Å². The Bertz CT molecular complexity index is 954. The summed E-state index contributed by atoms with van der Waals surface area (Å²) < 4.78 is 27.4. The number of allylic oxidation sites excluding steroid dienone is 1. The van der Waals surface area contributed by atoms with Crippen molar-refractivity contribution in [1.82, 2.24) is 4.90 Å². The fraction of sp³-hybridized carbons (Fsp3) is 0.167. The number of hydrogen-bond donors (Lipinski definition) is 0. The van der Waals surface area contributed by atoms with Crippen molar-refractivity contribution < 1.29 is 13.2 Å². The van der Waals surface area contributed by atoms with E-state index in [1.165, 1.54) is 16.6 Å². The maximum atomic E-state index is 13.1. The lowest BCUT2D eigenvalue weighted by Gasteiger charge is -2.31. The van der Waals surface area contributed by atoms with E-state index in [2.05, 4.69) is 0 Å². The van der Waals surface area contributed by atoms with Gasteiger partial charge in [-0.05, 0) is 23.8 Å². The second kappa shape index (κ2) is 6.54. The largest absolute Gasteiger partial charge is 0.382 e. The maximum Gasteiger partial charge on any atom is 0.270 e. The number of rotatable bonds is 3. The van der Waals surface area contributed by atoms with Crippen LogP contribution >= 0.6 is 11.6 Å². The van der Waals surface area contributed by atoms with Gasteiger partial charge in [0.15, 0.2) is 4.91 Å². The minimum atomic E-state index is -3.99. The zero-order chi connectivity index (χ0) is 18.2. The van der Waals surface area contributed by atoms with Crippen LogP contribution in [0.3, 0.4) is 0 Å². The van der Waals surface area contributed by atoms with Crippen molar-refractivity contribution in [3.05, 3.63) is 75.8 Å². The van der Waals surface area contributed by atoms with Gasteiger partial charge < -0.3 is 4.90 Å². The Balaban J connectivity index is 2.22. The summed E-state index contributed by atoms with van der Waals surface area (Å²) in [4.78, 5) is 14.0. The van der Waals surface area contributed by atoms with Crippen LogP contribution < -0.4 is 4.31 Å². The van der Waals surface area contributed by atoms with Crippen LogP contribution in [0.2, 0.25) is 5.02 Å². The van der Waals surface area contributed by atoms with Crippen molar-refractivity contribution >= 4 is 33.1 Å². The van der Waals surface area contributed by atoms with Crippen molar-refractivity contribution in [2.75, 3.05) is 18.4 Å². The zero-order valence-electron chi connectivity index (χ0n) is 13.8. The number of anilines is 1. The second-order valence-corrected chi connectivity index (χ2v) is 8.21. The van der Waals surface area contributed by atoms with Crippen LogP contribution in [0.5, 0.6) is 0 Å². The molecule has 2 aromatic rings. The summed E-state index contributed by atoms with van der Waals surface area (Å²) in [6, 6.07) is 13.9. The summed E-state index contributed by atoms with van der Waals surface area (Å²) in [5.41, 5.74) is 1.44. The summed E-state index contributed by atoms with van der Waals surface area (Å²) in [5.74, 6) is -0.523. The van der Waals surface area contributed by atoms with Gasteiger partial charge in [0.05, 0.1) is 12.2 Å². The smallest absolute Gasteiger partial charge is 0.270 e. The lowest BCUT2D eigenvalue weighted by molar-refractivity contribution is 0.104. The van der Waals surface area contributed by atoms with Gasteiger partial charge in [0.1, 0.15) is 0 Å². The van der Waals surface area contributed by atoms with Gasteiger partial charge in [0.25, 0.3) is 10.0 Å². The fourth-order valence-corrected chi connectivity index (χ4v) is 4.50.